The highest BCUT2D eigenvalue weighted by Gasteiger charge is 2.33. The highest BCUT2D eigenvalue weighted by atomic mass is 16.5. The summed E-state index contributed by atoms with van der Waals surface area (Å²) in [6, 6.07) is 35.4. The van der Waals surface area contributed by atoms with E-state index < -0.39 is 6.04 Å². The van der Waals surface area contributed by atoms with Crippen molar-refractivity contribution in [1.29, 1.82) is 0 Å². The minimum absolute atomic E-state index is 0.0791. The first-order valence-electron chi connectivity index (χ1n) is 13.8. The van der Waals surface area contributed by atoms with Crippen LogP contribution in [0.2, 0.25) is 0 Å². The second-order valence-corrected chi connectivity index (χ2v) is 10.3. The number of carbonyl (C=O) groups is 2. The zero-order valence-electron chi connectivity index (χ0n) is 22.9. The molecule has 0 aliphatic carbocycles. The molecule has 0 bridgehead atoms. The van der Waals surface area contributed by atoms with Gasteiger partial charge in [0.1, 0.15) is 6.04 Å². The van der Waals surface area contributed by atoms with Gasteiger partial charge in [-0.15, -0.1) is 0 Å². The van der Waals surface area contributed by atoms with E-state index in [1.54, 1.807) is 17.0 Å². The van der Waals surface area contributed by atoms with E-state index in [0.717, 1.165) is 24.3 Å². The van der Waals surface area contributed by atoms with Crippen molar-refractivity contribution in [3.05, 3.63) is 126 Å². The van der Waals surface area contributed by atoms with Crippen LogP contribution in [0.5, 0.6) is 0 Å². The van der Waals surface area contributed by atoms with Crippen molar-refractivity contribution in [3.63, 3.8) is 0 Å². The summed E-state index contributed by atoms with van der Waals surface area (Å²) in [7, 11) is 0. The van der Waals surface area contributed by atoms with Gasteiger partial charge in [0.15, 0.2) is 0 Å². The van der Waals surface area contributed by atoms with Gasteiger partial charge in [-0.2, -0.15) is 0 Å². The molecule has 6 nitrogen and oxygen atoms in total. The number of nitrogens with zero attached hydrogens (tertiary/aromatic N) is 2. The van der Waals surface area contributed by atoms with Gasteiger partial charge in [-0.25, -0.2) is 0 Å². The molecule has 0 spiro atoms. The Morgan fingerprint density at radius 1 is 0.800 bits per heavy atom. The van der Waals surface area contributed by atoms with E-state index in [-0.39, 0.29) is 24.0 Å². The Labute approximate surface area is 236 Å². The Balaban J connectivity index is 1.53. The van der Waals surface area contributed by atoms with Gasteiger partial charge in [0.2, 0.25) is 5.91 Å². The van der Waals surface area contributed by atoms with E-state index in [9.17, 15) is 9.59 Å². The molecular formula is C34H35N3O3. The van der Waals surface area contributed by atoms with Gasteiger partial charge >= 0.3 is 0 Å². The van der Waals surface area contributed by atoms with Gasteiger partial charge in [0.25, 0.3) is 5.91 Å². The lowest BCUT2D eigenvalue weighted by Crippen LogP contribution is -2.49. The lowest BCUT2D eigenvalue weighted by molar-refractivity contribution is -0.117. The molecule has 2 amide bonds. The van der Waals surface area contributed by atoms with Crippen LogP contribution in [0.3, 0.4) is 0 Å². The summed E-state index contributed by atoms with van der Waals surface area (Å²) in [5.41, 5.74) is 3.81. The zero-order chi connectivity index (χ0) is 27.9. The molecule has 0 radical (unpaired) electrons. The molecule has 1 heterocycles. The third-order valence-corrected chi connectivity index (χ3v) is 7.08. The number of hydrogen-bond donors (Lipinski definition) is 1. The Hall–Kier alpha value is -4.42. The molecule has 40 heavy (non-hydrogen) atoms. The maximum absolute atomic E-state index is 14.3. The van der Waals surface area contributed by atoms with E-state index in [1.807, 2.05) is 103 Å². The topological polar surface area (TPSA) is 61.9 Å². The van der Waals surface area contributed by atoms with E-state index in [1.165, 1.54) is 0 Å². The Morgan fingerprint density at radius 2 is 1.35 bits per heavy atom. The van der Waals surface area contributed by atoms with Crippen LogP contribution in [0.25, 0.3) is 0 Å². The average molecular weight is 534 g/mol. The third-order valence-electron chi connectivity index (χ3n) is 7.08. The number of rotatable bonds is 8. The summed E-state index contributed by atoms with van der Waals surface area (Å²) in [5, 5.41) is 3.20. The van der Waals surface area contributed by atoms with Crippen molar-refractivity contribution < 1.29 is 14.3 Å². The first-order valence-corrected chi connectivity index (χ1v) is 13.8. The van der Waals surface area contributed by atoms with E-state index in [0.29, 0.717) is 23.4 Å². The number of carbonyl (C=O) groups excluding carboxylic acids is 2. The molecule has 0 aromatic heterocycles. The maximum atomic E-state index is 14.3. The molecular weight excluding hydrogens is 498 g/mol. The number of amides is 2. The zero-order valence-corrected chi connectivity index (χ0v) is 22.9. The van der Waals surface area contributed by atoms with Crippen molar-refractivity contribution in [3.8, 4) is 0 Å². The van der Waals surface area contributed by atoms with Gasteiger partial charge < -0.3 is 15.0 Å². The normalized spacial score (nSPS) is 17.6. The summed E-state index contributed by atoms with van der Waals surface area (Å²) in [4.78, 5) is 32.2. The number of ether oxygens (including phenoxy) is 1. The lowest BCUT2D eigenvalue weighted by atomic mass is 10.0. The molecule has 204 valence electrons. The largest absolute Gasteiger partial charge is 0.372 e. The van der Waals surface area contributed by atoms with Gasteiger partial charge in [0.05, 0.1) is 23.6 Å². The smallest absolute Gasteiger partial charge is 0.259 e. The third kappa shape index (κ3) is 6.41. The molecule has 3 unspecified atom stereocenters. The minimum Gasteiger partial charge on any atom is -0.372 e. The van der Waals surface area contributed by atoms with Gasteiger partial charge in [-0.1, -0.05) is 78.9 Å². The number of benzene rings is 4. The summed E-state index contributed by atoms with van der Waals surface area (Å²) in [6.45, 7) is 5.58. The highest BCUT2D eigenvalue weighted by molar-refractivity contribution is 6.12. The van der Waals surface area contributed by atoms with Gasteiger partial charge in [-0.3, -0.25) is 14.5 Å². The highest BCUT2D eigenvalue weighted by Crippen LogP contribution is 2.30. The Morgan fingerprint density at radius 3 is 2.00 bits per heavy atom. The molecule has 1 N–H and O–H groups in total. The van der Waals surface area contributed by atoms with Crippen molar-refractivity contribution >= 4 is 28.9 Å². The van der Waals surface area contributed by atoms with Crippen LogP contribution in [-0.4, -0.2) is 43.2 Å². The molecule has 1 aliphatic rings. The average Bonchev–Trinajstić information content (AvgIpc) is 2.98. The first-order chi connectivity index (χ1) is 19.5. The molecule has 3 atom stereocenters. The number of nitrogens with one attached hydrogen (secondary N) is 1. The molecule has 1 aliphatic heterocycles. The van der Waals surface area contributed by atoms with Gasteiger partial charge in [0, 0.05) is 30.8 Å². The van der Waals surface area contributed by atoms with Crippen LogP contribution in [0.1, 0.15) is 29.8 Å². The lowest BCUT2D eigenvalue weighted by Gasteiger charge is -2.38. The summed E-state index contributed by atoms with van der Waals surface area (Å²) in [5.74, 6) is -0.481. The predicted molar refractivity (Wildman–Crippen MR) is 161 cm³/mol. The standard InChI is InChI=1S/C34H35N3O3/c1-25-23-36(24-26(2)40-25)31-21-13-12-20-30(31)35-33(38)32(22-27-14-6-3-7-15-27)37(29-18-10-5-11-19-29)34(39)28-16-8-4-9-17-28/h3-21,25-26,32H,22-24H2,1-2H3,(H,35,38). The van der Waals surface area contributed by atoms with E-state index in [4.69, 9.17) is 4.74 Å². The summed E-state index contributed by atoms with van der Waals surface area (Å²) >= 11 is 0. The van der Waals surface area contributed by atoms with Crippen molar-refractivity contribution in [1.82, 2.24) is 0 Å². The number of morpholine rings is 1. The Kier molecular flexibility index (Phi) is 8.57. The first kappa shape index (κ1) is 27.2. The fraction of sp³-hybridized carbons (Fsp3) is 0.235. The second-order valence-electron chi connectivity index (χ2n) is 10.3. The minimum atomic E-state index is -0.798. The van der Waals surface area contributed by atoms with Crippen LogP contribution in [0.4, 0.5) is 17.1 Å². The molecule has 4 aromatic carbocycles. The quantitative estimate of drug-likeness (QED) is 0.293. The molecule has 1 saturated heterocycles. The van der Waals surface area contributed by atoms with Crippen molar-refractivity contribution in [2.24, 2.45) is 0 Å². The van der Waals surface area contributed by atoms with Crippen LogP contribution in [0.15, 0.2) is 115 Å². The van der Waals surface area contributed by atoms with Crippen LogP contribution >= 0.6 is 0 Å². The fourth-order valence-electron chi connectivity index (χ4n) is 5.33. The van der Waals surface area contributed by atoms with Crippen LogP contribution < -0.4 is 15.1 Å². The summed E-state index contributed by atoms with van der Waals surface area (Å²) in [6.07, 6.45) is 0.513. The second kappa shape index (κ2) is 12.6. The fourth-order valence-corrected chi connectivity index (χ4v) is 5.33. The van der Waals surface area contributed by atoms with Crippen molar-refractivity contribution in [2.75, 3.05) is 28.2 Å². The van der Waals surface area contributed by atoms with Gasteiger partial charge in [-0.05, 0) is 55.8 Å². The molecule has 4 aromatic rings. The molecule has 5 rings (SSSR count). The molecule has 6 heteroatoms. The maximum Gasteiger partial charge on any atom is 0.259 e. The van der Waals surface area contributed by atoms with Crippen LogP contribution in [-0.2, 0) is 16.0 Å². The van der Waals surface area contributed by atoms with Crippen molar-refractivity contribution in [2.45, 2.75) is 38.5 Å². The number of para-hydroxylation sites is 3. The number of anilines is 3. The van der Waals surface area contributed by atoms with Crippen LogP contribution in [0, 0.1) is 0 Å². The Bertz CT molecular complexity index is 1400. The predicted octanol–water partition coefficient (Wildman–Crippen LogP) is 6.20. The molecule has 1 fully saturated rings. The summed E-state index contributed by atoms with van der Waals surface area (Å²) < 4.78 is 5.94. The number of hydrogen-bond acceptors (Lipinski definition) is 4. The monoisotopic (exact) mass is 533 g/mol. The molecule has 0 saturated carbocycles. The SMILES string of the molecule is CC1CN(c2ccccc2NC(=O)C(Cc2ccccc2)N(C(=O)c2ccccc2)c2ccccc2)CC(C)O1. The van der Waals surface area contributed by atoms with E-state index in [2.05, 4.69) is 24.1 Å². The van der Waals surface area contributed by atoms with E-state index >= 15 is 0 Å².